The molecular weight excluding hydrogens is 292 g/mol. The molecule has 1 aromatic carbocycles. The lowest BCUT2D eigenvalue weighted by Crippen LogP contribution is -2.20. The van der Waals surface area contributed by atoms with Crippen molar-refractivity contribution >= 4 is 22.8 Å². The Balaban J connectivity index is 1.89. The first-order valence-corrected chi connectivity index (χ1v) is 7.67. The van der Waals surface area contributed by atoms with E-state index in [9.17, 15) is 0 Å². The molecule has 0 saturated carbocycles. The van der Waals surface area contributed by atoms with Crippen molar-refractivity contribution in [2.75, 3.05) is 30.8 Å². The van der Waals surface area contributed by atoms with Gasteiger partial charge in [-0.15, -0.1) is 0 Å². The highest BCUT2D eigenvalue weighted by molar-refractivity contribution is 5.98. The normalized spacial score (nSPS) is 14.6. The van der Waals surface area contributed by atoms with Crippen molar-refractivity contribution in [3.05, 3.63) is 24.3 Å². The summed E-state index contributed by atoms with van der Waals surface area (Å²) in [7, 11) is 1.65. The minimum Gasteiger partial charge on any atom is -0.497 e. The number of aromatic amines is 1. The monoisotopic (exact) mass is 310 g/mol. The molecule has 23 heavy (non-hydrogen) atoms. The van der Waals surface area contributed by atoms with Crippen molar-refractivity contribution in [1.82, 2.24) is 20.2 Å². The van der Waals surface area contributed by atoms with Gasteiger partial charge in [0.15, 0.2) is 5.65 Å². The molecule has 0 aliphatic carbocycles. The van der Waals surface area contributed by atoms with E-state index in [2.05, 4.69) is 20.1 Å². The zero-order valence-corrected chi connectivity index (χ0v) is 12.9. The number of methoxy groups -OCH3 is 1. The highest BCUT2D eigenvalue weighted by atomic mass is 16.5. The lowest BCUT2D eigenvalue weighted by Gasteiger charge is -2.16. The molecule has 118 valence electrons. The first-order valence-electron chi connectivity index (χ1n) is 7.67. The molecule has 0 atom stereocenters. The van der Waals surface area contributed by atoms with Crippen molar-refractivity contribution < 1.29 is 4.74 Å². The van der Waals surface area contributed by atoms with Crippen LogP contribution in [0.1, 0.15) is 12.8 Å². The lowest BCUT2D eigenvalue weighted by atomic mass is 10.1. The summed E-state index contributed by atoms with van der Waals surface area (Å²) in [4.78, 5) is 11.5. The van der Waals surface area contributed by atoms with Crippen molar-refractivity contribution in [2.24, 2.45) is 0 Å². The molecule has 1 saturated heterocycles. The number of ether oxygens (including phenoxy) is 1. The highest BCUT2D eigenvalue weighted by Gasteiger charge is 2.20. The number of aromatic nitrogens is 4. The van der Waals surface area contributed by atoms with Crippen molar-refractivity contribution in [1.29, 1.82) is 0 Å². The van der Waals surface area contributed by atoms with Gasteiger partial charge in [0.25, 0.3) is 0 Å². The first kappa shape index (κ1) is 13.8. The predicted molar refractivity (Wildman–Crippen MR) is 89.5 cm³/mol. The fourth-order valence-corrected chi connectivity index (χ4v) is 2.95. The average molecular weight is 310 g/mol. The first-order chi connectivity index (χ1) is 11.3. The molecule has 4 rings (SSSR count). The Kier molecular flexibility index (Phi) is 3.25. The number of nitrogens with two attached hydrogens (primary N) is 1. The van der Waals surface area contributed by atoms with Gasteiger partial charge in [-0.2, -0.15) is 10.1 Å². The zero-order valence-electron chi connectivity index (χ0n) is 12.9. The molecule has 7 heteroatoms. The Labute approximate surface area is 133 Å². The Morgan fingerprint density at radius 3 is 2.57 bits per heavy atom. The maximum Gasteiger partial charge on any atom is 0.228 e. The van der Waals surface area contributed by atoms with Crippen LogP contribution in [0.5, 0.6) is 5.75 Å². The summed E-state index contributed by atoms with van der Waals surface area (Å²) < 4.78 is 5.22. The quantitative estimate of drug-likeness (QED) is 0.770. The summed E-state index contributed by atoms with van der Waals surface area (Å²) >= 11 is 0. The van der Waals surface area contributed by atoms with Crippen LogP contribution in [0, 0.1) is 0 Å². The second-order valence-corrected chi connectivity index (χ2v) is 5.63. The van der Waals surface area contributed by atoms with Gasteiger partial charge in [0.05, 0.1) is 18.2 Å². The van der Waals surface area contributed by atoms with Crippen LogP contribution >= 0.6 is 0 Å². The number of nitrogens with one attached hydrogen (secondary N) is 1. The van der Waals surface area contributed by atoms with Gasteiger partial charge in [-0.25, -0.2) is 4.98 Å². The van der Waals surface area contributed by atoms with Gasteiger partial charge < -0.3 is 15.4 Å². The van der Waals surface area contributed by atoms with Gasteiger partial charge in [0.2, 0.25) is 5.95 Å². The summed E-state index contributed by atoms with van der Waals surface area (Å²) in [5, 5.41) is 7.79. The standard InChI is InChI=1S/C16H18N6O/c1-23-11-6-4-10(5-7-11)13-12-14(17)20-21-15(12)19-16(18-13)22-8-2-3-9-22/h4-7H,2-3,8-9H2,1H3,(H3,17,18,19,20,21). The van der Waals surface area contributed by atoms with Gasteiger partial charge >= 0.3 is 0 Å². The van der Waals surface area contributed by atoms with Crippen molar-refractivity contribution in [2.45, 2.75) is 12.8 Å². The topological polar surface area (TPSA) is 93.0 Å². The molecule has 1 aliphatic rings. The van der Waals surface area contributed by atoms with Gasteiger partial charge in [0.1, 0.15) is 11.6 Å². The second kappa shape index (κ2) is 5.42. The van der Waals surface area contributed by atoms with E-state index in [0.717, 1.165) is 35.5 Å². The largest absolute Gasteiger partial charge is 0.497 e. The van der Waals surface area contributed by atoms with Gasteiger partial charge in [-0.05, 0) is 37.1 Å². The van der Waals surface area contributed by atoms with Gasteiger partial charge in [0, 0.05) is 18.7 Å². The van der Waals surface area contributed by atoms with E-state index in [1.54, 1.807) is 7.11 Å². The number of anilines is 2. The molecular formula is C16H18N6O. The summed E-state index contributed by atoms with van der Waals surface area (Å²) in [6.45, 7) is 1.96. The SMILES string of the molecule is COc1ccc(-c2nc(N3CCCC3)nc3n[nH]c(N)c23)cc1. The molecule has 1 fully saturated rings. The summed E-state index contributed by atoms with van der Waals surface area (Å²) in [6, 6.07) is 7.77. The van der Waals surface area contributed by atoms with Crippen LogP contribution in [0.25, 0.3) is 22.3 Å². The summed E-state index contributed by atoms with van der Waals surface area (Å²) in [6.07, 6.45) is 2.34. The van der Waals surface area contributed by atoms with Crippen LogP contribution in [0.3, 0.4) is 0 Å². The van der Waals surface area contributed by atoms with E-state index >= 15 is 0 Å². The van der Waals surface area contributed by atoms with E-state index in [-0.39, 0.29) is 0 Å². The fourth-order valence-electron chi connectivity index (χ4n) is 2.95. The Hall–Kier alpha value is -2.83. The third kappa shape index (κ3) is 2.34. The maximum absolute atomic E-state index is 6.04. The number of fused-ring (bicyclic) bond motifs is 1. The Morgan fingerprint density at radius 2 is 1.87 bits per heavy atom. The number of rotatable bonds is 3. The Bertz CT molecular complexity index is 836. The van der Waals surface area contributed by atoms with E-state index in [4.69, 9.17) is 15.5 Å². The number of H-pyrrole nitrogens is 1. The van der Waals surface area contributed by atoms with Gasteiger partial charge in [-0.1, -0.05) is 0 Å². The molecule has 0 unspecified atom stereocenters. The third-order valence-corrected chi connectivity index (χ3v) is 4.18. The Morgan fingerprint density at radius 1 is 1.13 bits per heavy atom. The predicted octanol–water partition coefficient (Wildman–Crippen LogP) is 2.21. The van der Waals surface area contributed by atoms with Crippen LogP contribution in [-0.2, 0) is 0 Å². The fraction of sp³-hybridized carbons (Fsp3) is 0.312. The molecule has 1 aliphatic heterocycles. The van der Waals surface area contributed by atoms with Crippen molar-refractivity contribution in [3.63, 3.8) is 0 Å². The average Bonchev–Trinajstić information content (AvgIpc) is 3.25. The van der Waals surface area contributed by atoms with E-state index in [1.165, 1.54) is 12.8 Å². The minimum atomic E-state index is 0.485. The molecule has 0 radical (unpaired) electrons. The lowest BCUT2D eigenvalue weighted by molar-refractivity contribution is 0.415. The second-order valence-electron chi connectivity index (χ2n) is 5.63. The highest BCUT2D eigenvalue weighted by Crippen LogP contribution is 2.32. The molecule has 0 amide bonds. The third-order valence-electron chi connectivity index (χ3n) is 4.18. The van der Waals surface area contributed by atoms with E-state index in [0.29, 0.717) is 17.4 Å². The molecule has 0 spiro atoms. The summed E-state index contributed by atoms with van der Waals surface area (Å²) in [5.74, 6) is 2.00. The van der Waals surface area contributed by atoms with Crippen LogP contribution in [0.15, 0.2) is 24.3 Å². The van der Waals surface area contributed by atoms with Gasteiger partial charge in [-0.3, -0.25) is 5.10 Å². The number of nitrogens with zero attached hydrogens (tertiary/aromatic N) is 4. The van der Waals surface area contributed by atoms with E-state index < -0.39 is 0 Å². The number of hydrogen-bond donors (Lipinski definition) is 2. The molecule has 3 N–H and O–H groups in total. The smallest absolute Gasteiger partial charge is 0.228 e. The number of benzene rings is 1. The maximum atomic E-state index is 6.04. The van der Waals surface area contributed by atoms with E-state index in [1.807, 2.05) is 24.3 Å². The van der Waals surface area contributed by atoms with Crippen LogP contribution < -0.4 is 15.4 Å². The molecule has 2 aromatic heterocycles. The van der Waals surface area contributed by atoms with Crippen molar-refractivity contribution in [3.8, 4) is 17.0 Å². The van der Waals surface area contributed by atoms with Crippen LogP contribution in [0.2, 0.25) is 0 Å². The number of hydrogen-bond acceptors (Lipinski definition) is 6. The van der Waals surface area contributed by atoms with Crippen LogP contribution in [-0.4, -0.2) is 40.4 Å². The molecule has 3 aromatic rings. The molecule has 3 heterocycles. The minimum absolute atomic E-state index is 0.485. The number of nitrogen functional groups attached to an aromatic ring is 1. The van der Waals surface area contributed by atoms with Crippen LogP contribution in [0.4, 0.5) is 11.8 Å². The zero-order chi connectivity index (χ0) is 15.8. The molecule has 0 bridgehead atoms. The summed E-state index contributed by atoms with van der Waals surface area (Å²) in [5.41, 5.74) is 8.40. The molecule has 7 nitrogen and oxygen atoms in total.